The van der Waals surface area contributed by atoms with Crippen molar-refractivity contribution in [1.29, 1.82) is 0 Å². The van der Waals surface area contributed by atoms with Gasteiger partial charge in [-0.2, -0.15) is 0 Å². The standard InChI is InChI=1S/C50H30N2/c1-2-13-31(14-3-1)32-25-27-34(28-26-32)51-42-23-11-10-21-41(42)48-45(51)30-46-50-47-39(37-18-7-9-20-40(37)49(48)50)22-12-24-43(47)52(46)44-29-33-15-4-5-16-35(33)36-17-6-8-19-38(36)44/h1-30H. The van der Waals surface area contributed by atoms with Crippen molar-refractivity contribution in [2.45, 2.75) is 0 Å². The Kier molecular flexibility index (Phi) is 5.53. The van der Waals surface area contributed by atoms with Crippen molar-refractivity contribution in [2.75, 3.05) is 0 Å². The van der Waals surface area contributed by atoms with Crippen LogP contribution in [-0.4, -0.2) is 9.13 Å². The molecule has 2 heterocycles. The molecule has 2 nitrogen and oxygen atoms in total. The van der Waals surface area contributed by atoms with Crippen LogP contribution in [0.3, 0.4) is 0 Å². The van der Waals surface area contributed by atoms with Crippen molar-refractivity contribution < 1.29 is 0 Å². The number of hydrogen-bond acceptors (Lipinski definition) is 0. The summed E-state index contributed by atoms with van der Waals surface area (Å²) in [5.41, 5.74) is 9.69. The van der Waals surface area contributed by atoms with E-state index >= 15 is 0 Å². The molecular weight excluding hydrogens is 629 g/mol. The van der Waals surface area contributed by atoms with Gasteiger partial charge in [0.05, 0.1) is 27.8 Å². The summed E-state index contributed by atoms with van der Waals surface area (Å²) in [5, 5.41) is 15.5. The number of nitrogens with zero attached hydrogens (tertiary/aromatic N) is 2. The molecule has 0 radical (unpaired) electrons. The Morgan fingerprint density at radius 3 is 1.62 bits per heavy atom. The number of benzene rings is 10. The quantitative estimate of drug-likeness (QED) is 0.167. The fraction of sp³-hybridized carbons (Fsp3) is 0. The van der Waals surface area contributed by atoms with Gasteiger partial charge in [0.2, 0.25) is 0 Å². The lowest BCUT2D eigenvalue weighted by Crippen LogP contribution is -1.97. The van der Waals surface area contributed by atoms with Crippen LogP contribution in [0.2, 0.25) is 0 Å². The Hall–Kier alpha value is -6.90. The third kappa shape index (κ3) is 3.63. The summed E-state index contributed by atoms with van der Waals surface area (Å²) < 4.78 is 5.03. The highest BCUT2D eigenvalue weighted by molar-refractivity contribution is 6.42. The Labute approximate surface area is 299 Å². The third-order valence-corrected chi connectivity index (χ3v) is 11.4. The molecule has 2 aromatic heterocycles. The van der Waals surface area contributed by atoms with Crippen LogP contribution in [0.25, 0.3) is 109 Å². The molecule has 0 amide bonds. The van der Waals surface area contributed by atoms with E-state index in [-0.39, 0.29) is 0 Å². The lowest BCUT2D eigenvalue weighted by Gasteiger charge is -2.15. The molecular formula is C50H30N2. The molecule has 0 saturated heterocycles. The van der Waals surface area contributed by atoms with Gasteiger partial charge in [-0.1, -0.05) is 146 Å². The van der Waals surface area contributed by atoms with Crippen LogP contribution in [0, 0.1) is 0 Å². The Bertz CT molecular complexity index is 3380. The van der Waals surface area contributed by atoms with Crippen molar-refractivity contribution in [3.63, 3.8) is 0 Å². The van der Waals surface area contributed by atoms with Crippen LogP contribution >= 0.6 is 0 Å². The minimum atomic E-state index is 1.15. The van der Waals surface area contributed by atoms with E-state index in [1.807, 2.05) is 0 Å². The van der Waals surface area contributed by atoms with E-state index in [9.17, 15) is 0 Å². The Morgan fingerprint density at radius 1 is 0.269 bits per heavy atom. The predicted octanol–water partition coefficient (Wildman–Crippen LogP) is 13.6. The molecule has 12 aromatic rings. The van der Waals surface area contributed by atoms with Gasteiger partial charge in [-0.3, -0.25) is 0 Å². The van der Waals surface area contributed by atoms with Crippen molar-refractivity contribution >= 4 is 86.7 Å². The minimum Gasteiger partial charge on any atom is -0.309 e. The molecule has 0 fully saturated rings. The molecule has 12 rings (SSSR count). The van der Waals surface area contributed by atoms with E-state index in [4.69, 9.17) is 0 Å². The summed E-state index contributed by atoms with van der Waals surface area (Å²) in [6.07, 6.45) is 0. The summed E-state index contributed by atoms with van der Waals surface area (Å²) >= 11 is 0. The highest BCUT2D eigenvalue weighted by Crippen LogP contribution is 2.49. The van der Waals surface area contributed by atoms with E-state index in [2.05, 4.69) is 191 Å². The second kappa shape index (κ2) is 10.3. The summed E-state index contributed by atoms with van der Waals surface area (Å²) in [6.45, 7) is 0. The van der Waals surface area contributed by atoms with Crippen LogP contribution in [-0.2, 0) is 0 Å². The smallest absolute Gasteiger partial charge is 0.0569 e. The topological polar surface area (TPSA) is 9.86 Å². The van der Waals surface area contributed by atoms with Crippen LogP contribution in [0.5, 0.6) is 0 Å². The molecule has 0 bridgehead atoms. The molecule has 52 heavy (non-hydrogen) atoms. The first-order chi connectivity index (χ1) is 25.8. The zero-order valence-corrected chi connectivity index (χ0v) is 28.2. The molecule has 0 unspecified atom stereocenters. The molecule has 0 N–H and O–H groups in total. The molecule has 0 atom stereocenters. The molecule has 0 saturated carbocycles. The minimum absolute atomic E-state index is 1.15. The first-order valence-electron chi connectivity index (χ1n) is 18.0. The van der Waals surface area contributed by atoms with Crippen LogP contribution in [0.1, 0.15) is 0 Å². The number of para-hydroxylation sites is 1. The van der Waals surface area contributed by atoms with Gasteiger partial charge >= 0.3 is 0 Å². The van der Waals surface area contributed by atoms with Crippen LogP contribution in [0.4, 0.5) is 0 Å². The molecule has 0 aliphatic heterocycles. The van der Waals surface area contributed by atoms with E-state index < -0.39 is 0 Å². The van der Waals surface area contributed by atoms with Gasteiger partial charge < -0.3 is 9.13 Å². The fourth-order valence-electron chi connectivity index (χ4n) is 9.28. The van der Waals surface area contributed by atoms with Gasteiger partial charge in [0.25, 0.3) is 0 Å². The van der Waals surface area contributed by atoms with Crippen LogP contribution < -0.4 is 0 Å². The first kappa shape index (κ1) is 27.9. The molecule has 240 valence electrons. The van der Waals surface area contributed by atoms with E-state index in [1.54, 1.807) is 0 Å². The lowest BCUT2D eigenvalue weighted by molar-refractivity contribution is 1.17. The van der Waals surface area contributed by atoms with Gasteiger partial charge in [0, 0.05) is 38.0 Å². The molecule has 0 aliphatic rings. The highest BCUT2D eigenvalue weighted by Gasteiger charge is 2.25. The zero-order valence-electron chi connectivity index (χ0n) is 28.2. The summed E-state index contributed by atoms with van der Waals surface area (Å²) in [4.78, 5) is 0. The Morgan fingerprint density at radius 2 is 0.808 bits per heavy atom. The second-order valence-electron chi connectivity index (χ2n) is 14.0. The normalized spacial score (nSPS) is 12.2. The maximum Gasteiger partial charge on any atom is 0.0569 e. The maximum absolute atomic E-state index is 2.55. The predicted molar refractivity (Wildman–Crippen MR) is 222 cm³/mol. The van der Waals surface area contributed by atoms with Crippen molar-refractivity contribution in [3.8, 4) is 22.5 Å². The van der Waals surface area contributed by atoms with E-state index in [1.165, 1.54) is 104 Å². The lowest BCUT2D eigenvalue weighted by atomic mass is 9.92. The fourth-order valence-corrected chi connectivity index (χ4v) is 9.28. The van der Waals surface area contributed by atoms with Crippen molar-refractivity contribution in [3.05, 3.63) is 182 Å². The second-order valence-corrected chi connectivity index (χ2v) is 14.0. The monoisotopic (exact) mass is 658 g/mol. The first-order valence-corrected chi connectivity index (χ1v) is 18.0. The Balaban J connectivity index is 1.30. The number of rotatable bonds is 3. The SMILES string of the molecule is c1ccc(-c2ccc(-n3c4ccccc4c4c5c6ccccc6c6cccc7c6c5c(cc43)n7-c3cc4ccccc4c4ccccc34)cc2)cc1. The number of hydrogen-bond donors (Lipinski definition) is 0. The largest absolute Gasteiger partial charge is 0.309 e. The molecule has 10 aromatic carbocycles. The zero-order chi connectivity index (χ0) is 33.9. The van der Waals surface area contributed by atoms with Gasteiger partial charge in [-0.15, -0.1) is 0 Å². The van der Waals surface area contributed by atoms with Gasteiger partial charge in [0.15, 0.2) is 0 Å². The summed E-state index contributed by atoms with van der Waals surface area (Å²) in [5.74, 6) is 0. The van der Waals surface area contributed by atoms with E-state index in [0.29, 0.717) is 0 Å². The number of fused-ring (bicyclic) bond motifs is 10. The van der Waals surface area contributed by atoms with Crippen molar-refractivity contribution in [1.82, 2.24) is 9.13 Å². The van der Waals surface area contributed by atoms with Gasteiger partial charge in [-0.05, 0) is 79.8 Å². The van der Waals surface area contributed by atoms with E-state index in [0.717, 1.165) is 5.69 Å². The maximum atomic E-state index is 2.55. The third-order valence-electron chi connectivity index (χ3n) is 11.4. The average Bonchev–Trinajstić information content (AvgIpc) is 3.73. The highest BCUT2D eigenvalue weighted by atomic mass is 15.0. The molecule has 2 heteroatoms. The number of aromatic nitrogens is 2. The van der Waals surface area contributed by atoms with Gasteiger partial charge in [0.1, 0.15) is 0 Å². The van der Waals surface area contributed by atoms with Gasteiger partial charge in [-0.25, -0.2) is 0 Å². The summed E-state index contributed by atoms with van der Waals surface area (Å²) in [6, 6.07) is 67.1. The van der Waals surface area contributed by atoms with Crippen LogP contribution in [0.15, 0.2) is 182 Å². The summed E-state index contributed by atoms with van der Waals surface area (Å²) in [7, 11) is 0. The average molecular weight is 659 g/mol. The molecule has 0 aliphatic carbocycles. The van der Waals surface area contributed by atoms with Crippen molar-refractivity contribution in [2.24, 2.45) is 0 Å². The molecule has 0 spiro atoms.